The molecule has 8 nitrogen and oxygen atoms in total. The number of rotatable bonds is 5. The van der Waals surface area contributed by atoms with Crippen LogP contribution in [-0.2, 0) is 6.54 Å². The number of aliphatic imine (C=N–C) groups is 1. The van der Waals surface area contributed by atoms with Gasteiger partial charge in [-0.25, -0.2) is 4.99 Å². The molecular formula is C19H25N7O. The molecule has 2 N–H and O–H groups in total. The van der Waals surface area contributed by atoms with Crippen molar-refractivity contribution in [3.63, 3.8) is 0 Å². The summed E-state index contributed by atoms with van der Waals surface area (Å²) in [7, 11) is 0. The van der Waals surface area contributed by atoms with Gasteiger partial charge in [0.05, 0.1) is 11.3 Å². The van der Waals surface area contributed by atoms with E-state index in [1.165, 1.54) is 0 Å². The molecule has 1 aromatic heterocycles. The summed E-state index contributed by atoms with van der Waals surface area (Å²) < 4.78 is 4.99. The van der Waals surface area contributed by atoms with Gasteiger partial charge in [0.2, 0.25) is 5.89 Å². The number of piperidine rings is 1. The Labute approximate surface area is 159 Å². The van der Waals surface area contributed by atoms with E-state index in [4.69, 9.17) is 4.52 Å². The molecule has 2 heterocycles. The van der Waals surface area contributed by atoms with E-state index in [0.717, 1.165) is 44.1 Å². The first-order valence-corrected chi connectivity index (χ1v) is 9.27. The fourth-order valence-corrected chi connectivity index (χ4v) is 3.23. The van der Waals surface area contributed by atoms with Gasteiger partial charge in [-0.1, -0.05) is 17.3 Å². The maximum atomic E-state index is 9.37. The summed E-state index contributed by atoms with van der Waals surface area (Å²) in [6.07, 6.45) is 2.11. The Morgan fingerprint density at radius 3 is 3.04 bits per heavy atom. The summed E-state index contributed by atoms with van der Waals surface area (Å²) in [6.45, 7) is 6.70. The van der Waals surface area contributed by atoms with Crippen molar-refractivity contribution >= 4 is 11.6 Å². The lowest BCUT2D eigenvalue weighted by atomic mass is 10.0. The molecule has 0 bridgehead atoms. The monoisotopic (exact) mass is 367 g/mol. The molecule has 1 saturated heterocycles. The van der Waals surface area contributed by atoms with E-state index >= 15 is 0 Å². The lowest BCUT2D eigenvalue weighted by Crippen LogP contribution is -2.51. The minimum atomic E-state index is 0.246. The Balaban J connectivity index is 1.66. The van der Waals surface area contributed by atoms with Gasteiger partial charge in [0.1, 0.15) is 12.6 Å². The second-order valence-electron chi connectivity index (χ2n) is 6.48. The molecule has 142 valence electrons. The van der Waals surface area contributed by atoms with Crippen LogP contribution in [0.15, 0.2) is 33.8 Å². The molecule has 1 atom stereocenters. The van der Waals surface area contributed by atoms with E-state index in [2.05, 4.69) is 36.7 Å². The zero-order chi connectivity index (χ0) is 19.1. The van der Waals surface area contributed by atoms with Crippen molar-refractivity contribution < 1.29 is 4.52 Å². The smallest absolute Gasteiger partial charge is 0.223 e. The maximum absolute atomic E-state index is 9.37. The highest BCUT2D eigenvalue weighted by molar-refractivity contribution is 5.80. The lowest BCUT2D eigenvalue weighted by molar-refractivity contribution is 0.387. The van der Waals surface area contributed by atoms with E-state index in [0.29, 0.717) is 23.8 Å². The minimum Gasteiger partial charge on any atom is -0.368 e. The standard InChI is InChI=1S/C19H25N7O/c1-3-21-19(22-12-18-23-14(2)27-25-18)24-16-8-6-10-26(13-16)17-9-5-4-7-15(17)11-20/h4-5,7,9,16H,3,6,8,10,12-13H2,1-2H3,(H2,21,22,24). The molecule has 8 heteroatoms. The molecule has 2 aromatic rings. The molecule has 3 rings (SSSR count). The molecule has 0 radical (unpaired) electrons. The predicted molar refractivity (Wildman–Crippen MR) is 103 cm³/mol. The van der Waals surface area contributed by atoms with Gasteiger partial charge >= 0.3 is 0 Å². The molecule has 0 spiro atoms. The zero-order valence-corrected chi connectivity index (χ0v) is 15.8. The second-order valence-corrected chi connectivity index (χ2v) is 6.48. The first-order chi connectivity index (χ1) is 13.2. The third kappa shape index (κ3) is 4.97. The van der Waals surface area contributed by atoms with Gasteiger partial charge in [-0.15, -0.1) is 0 Å². The normalized spacial score (nSPS) is 17.4. The van der Waals surface area contributed by atoms with Crippen LogP contribution in [-0.4, -0.2) is 41.8 Å². The van der Waals surface area contributed by atoms with E-state index in [1.54, 1.807) is 6.92 Å². The summed E-state index contributed by atoms with van der Waals surface area (Å²) in [6, 6.07) is 10.3. The highest BCUT2D eigenvalue weighted by Gasteiger charge is 2.22. The van der Waals surface area contributed by atoms with Gasteiger partial charge in [-0.3, -0.25) is 0 Å². The average Bonchev–Trinajstić information content (AvgIpc) is 3.12. The molecular weight excluding hydrogens is 342 g/mol. The van der Waals surface area contributed by atoms with Gasteiger partial charge in [0.15, 0.2) is 11.8 Å². The van der Waals surface area contributed by atoms with E-state index in [-0.39, 0.29) is 6.04 Å². The van der Waals surface area contributed by atoms with Crippen LogP contribution in [0.5, 0.6) is 0 Å². The molecule has 1 aliphatic rings. The Morgan fingerprint density at radius 1 is 1.44 bits per heavy atom. The fourth-order valence-electron chi connectivity index (χ4n) is 3.23. The fraction of sp³-hybridized carbons (Fsp3) is 0.474. The number of guanidine groups is 1. The third-order valence-electron chi connectivity index (χ3n) is 4.42. The van der Waals surface area contributed by atoms with Crippen molar-refractivity contribution in [2.45, 2.75) is 39.3 Å². The lowest BCUT2D eigenvalue weighted by Gasteiger charge is -2.35. The summed E-state index contributed by atoms with van der Waals surface area (Å²) in [5.41, 5.74) is 1.71. The highest BCUT2D eigenvalue weighted by atomic mass is 16.5. The molecule has 0 saturated carbocycles. The number of para-hydroxylation sites is 1. The van der Waals surface area contributed by atoms with Gasteiger partial charge in [-0.05, 0) is 31.9 Å². The Bertz CT molecular complexity index is 823. The van der Waals surface area contributed by atoms with E-state index in [1.807, 2.05) is 31.2 Å². The number of nitrogens with one attached hydrogen (secondary N) is 2. The number of benzene rings is 1. The van der Waals surface area contributed by atoms with Crippen LogP contribution < -0.4 is 15.5 Å². The number of aromatic nitrogens is 2. The second kappa shape index (κ2) is 9.03. The Hall–Kier alpha value is -3.08. The average molecular weight is 367 g/mol. The van der Waals surface area contributed by atoms with Gasteiger partial charge in [0.25, 0.3) is 0 Å². The topological polar surface area (TPSA) is 102 Å². The van der Waals surface area contributed by atoms with Crippen LogP contribution >= 0.6 is 0 Å². The first-order valence-electron chi connectivity index (χ1n) is 9.27. The van der Waals surface area contributed by atoms with E-state index < -0.39 is 0 Å². The van der Waals surface area contributed by atoms with E-state index in [9.17, 15) is 5.26 Å². The van der Waals surface area contributed by atoms with Gasteiger partial charge in [0, 0.05) is 32.6 Å². The summed E-state index contributed by atoms with van der Waals surface area (Å²) in [5.74, 6) is 1.84. The van der Waals surface area contributed by atoms with Crippen LogP contribution in [0.3, 0.4) is 0 Å². The van der Waals surface area contributed by atoms with Crippen molar-refractivity contribution in [2.75, 3.05) is 24.5 Å². The molecule has 1 aromatic carbocycles. The molecule has 1 fully saturated rings. The molecule has 1 unspecified atom stereocenters. The number of hydrogen-bond donors (Lipinski definition) is 2. The number of nitrogens with zero attached hydrogens (tertiary/aromatic N) is 5. The maximum Gasteiger partial charge on any atom is 0.223 e. The van der Waals surface area contributed by atoms with Crippen LogP contribution in [0.4, 0.5) is 5.69 Å². The van der Waals surface area contributed by atoms with Crippen LogP contribution in [0.25, 0.3) is 0 Å². The SMILES string of the molecule is CCNC(=NCc1noc(C)n1)NC1CCCN(c2ccccc2C#N)C1. The van der Waals surface area contributed by atoms with Crippen LogP contribution in [0.2, 0.25) is 0 Å². The Kier molecular flexibility index (Phi) is 6.26. The van der Waals surface area contributed by atoms with Gasteiger partial charge in [-0.2, -0.15) is 10.2 Å². The zero-order valence-electron chi connectivity index (χ0n) is 15.8. The number of hydrogen-bond acceptors (Lipinski definition) is 6. The molecule has 0 aliphatic carbocycles. The number of anilines is 1. The number of nitriles is 1. The molecule has 27 heavy (non-hydrogen) atoms. The van der Waals surface area contributed by atoms with Crippen molar-refractivity contribution in [3.05, 3.63) is 41.5 Å². The summed E-state index contributed by atoms with van der Waals surface area (Å²) in [4.78, 5) is 11.0. The van der Waals surface area contributed by atoms with Crippen molar-refractivity contribution in [1.29, 1.82) is 5.26 Å². The van der Waals surface area contributed by atoms with Crippen molar-refractivity contribution in [3.8, 4) is 6.07 Å². The summed E-state index contributed by atoms with van der Waals surface area (Å²) in [5, 5.41) is 20.0. The van der Waals surface area contributed by atoms with Crippen molar-refractivity contribution in [2.24, 2.45) is 4.99 Å². The molecule has 0 amide bonds. The van der Waals surface area contributed by atoms with Crippen LogP contribution in [0.1, 0.15) is 37.0 Å². The van der Waals surface area contributed by atoms with Crippen LogP contribution in [0, 0.1) is 18.3 Å². The third-order valence-corrected chi connectivity index (χ3v) is 4.42. The summed E-state index contributed by atoms with van der Waals surface area (Å²) >= 11 is 0. The Morgan fingerprint density at radius 2 is 2.30 bits per heavy atom. The minimum absolute atomic E-state index is 0.246. The molecule has 1 aliphatic heterocycles. The first kappa shape index (κ1) is 18.7. The van der Waals surface area contributed by atoms with Gasteiger partial charge < -0.3 is 20.1 Å². The highest BCUT2D eigenvalue weighted by Crippen LogP contribution is 2.23. The largest absolute Gasteiger partial charge is 0.368 e. The predicted octanol–water partition coefficient (Wildman–Crippen LogP) is 1.97. The number of aryl methyl sites for hydroxylation is 1. The quantitative estimate of drug-likeness (QED) is 0.615. The van der Waals surface area contributed by atoms with Crippen molar-refractivity contribution in [1.82, 2.24) is 20.8 Å².